The maximum absolute atomic E-state index is 15.2. The first kappa shape index (κ1) is 36.1. The van der Waals surface area contributed by atoms with Gasteiger partial charge in [-0.25, -0.2) is 4.39 Å². The minimum Gasteiger partial charge on any atom is -0.508 e. The zero-order valence-electron chi connectivity index (χ0n) is 29.7. The molecule has 0 radical (unpaired) electrons. The van der Waals surface area contributed by atoms with E-state index in [1.165, 1.54) is 42.3 Å². The van der Waals surface area contributed by atoms with Crippen molar-refractivity contribution in [3.05, 3.63) is 136 Å². The fourth-order valence-corrected chi connectivity index (χ4v) is 9.22. The molecule has 6 unspecified atom stereocenters. The van der Waals surface area contributed by atoms with Gasteiger partial charge in [0, 0.05) is 17.5 Å². The van der Waals surface area contributed by atoms with Gasteiger partial charge in [0.05, 0.1) is 36.0 Å². The highest BCUT2D eigenvalue weighted by Crippen LogP contribution is 2.61. The summed E-state index contributed by atoms with van der Waals surface area (Å²) in [6.45, 7) is 0.161. The number of carbonyl (C=O) groups is 4. The number of halogens is 2. The van der Waals surface area contributed by atoms with Crippen LogP contribution in [0.4, 0.5) is 10.1 Å². The van der Waals surface area contributed by atoms with Crippen molar-refractivity contribution in [3.63, 3.8) is 0 Å². The van der Waals surface area contributed by atoms with Crippen LogP contribution in [0.5, 0.6) is 17.2 Å². The molecular weight excluding hydrogens is 725 g/mol. The van der Waals surface area contributed by atoms with E-state index >= 15 is 4.79 Å². The molecule has 2 saturated heterocycles. The molecule has 0 bridgehead atoms. The molecule has 12 heteroatoms. The molecule has 3 fully saturated rings. The Labute approximate surface area is 321 Å². The molecule has 280 valence electrons. The third-order valence-corrected chi connectivity index (χ3v) is 11.9. The van der Waals surface area contributed by atoms with E-state index in [0.29, 0.717) is 28.3 Å². The molecule has 4 aromatic carbocycles. The first-order valence-corrected chi connectivity index (χ1v) is 18.4. The molecule has 2 aliphatic carbocycles. The molecule has 8 rings (SSSR count). The minimum atomic E-state index is -1.51. The van der Waals surface area contributed by atoms with Gasteiger partial charge in [-0.2, -0.15) is 5.01 Å². The van der Waals surface area contributed by atoms with Crippen LogP contribution in [0.25, 0.3) is 6.08 Å². The normalized spacial score (nSPS) is 25.9. The molecule has 4 aromatic rings. The lowest BCUT2D eigenvalue weighted by Crippen LogP contribution is -2.54. The highest BCUT2D eigenvalue weighted by Gasteiger charge is 2.69. The van der Waals surface area contributed by atoms with Gasteiger partial charge in [-0.1, -0.05) is 65.7 Å². The number of ether oxygens (including phenoxy) is 1. The van der Waals surface area contributed by atoms with Gasteiger partial charge in [-0.3, -0.25) is 29.5 Å². The number of nitrogens with one attached hydrogen (secondary N) is 1. The van der Waals surface area contributed by atoms with Crippen LogP contribution in [-0.2, 0) is 31.0 Å². The summed E-state index contributed by atoms with van der Waals surface area (Å²) in [4.78, 5) is 59.6. The Balaban J connectivity index is 1.24. The van der Waals surface area contributed by atoms with Crippen LogP contribution < -0.4 is 10.2 Å². The molecule has 1 saturated carbocycles. The van der Waals surface area contributed by atoms with Gasteiger partial charge in [-0.05, 0) is 103 Å². The van der Waals surface area contributed by atoms with Crippen LogP contribution in [0.15, 0.2) is 109 Å². The zero-order valence-corrected chi connectivity index (χ0v) is 30.4. The van der Waals surface area contributed by atoms with Crippen LogP contribution in [0.3, 0.4) is 0 Å². The molecule has 10 nitrogen and oxygen atoms in total. The Hall–Kier alpha value is -5.94. The maximum atomic E-state index is 15.2. The van der Waals surface area contributed by atoms with E-state index < -0.39 is 52.6 Å². The first-order valence-electron chi connectivity index (χ1n) is 18.1. The maximum Gasteiger partial charge on any atom is 0.260 e. The second-order valence-corrected chi connectivity index (χ2v) is 14.9. The predicted molar refractivity (Wildman–Crippen MR) is 202 cm³/mol. The fourth-order valence-electron chi connectivity index (χ4n) is 9.10. The Kier molecular flexibility index (Phi) is 9.21. The van der Waals surface area contributed by atoms with E-state index in [2.05, 4.69) is 5.43 Å². The number of methoxy groups -OCH3 is 1. The van der Waals surface area contributed by atoms with Crippen molar-refractivity contribution >= 4 is 47.0 Å². The number of amides is 4. The van der Waals surface area contributed by atoms with E-state index in [1.54, 1.807) is 66.7 Å². The van der Waals surface area contributed by atoms with Crippen molar-refractivity contribution in [3.8, 4) is 17.2 Å². The lowest BCUT2D eigenvalue weighted by molar-refractivity contribution is -0.141. The van der Waals surface area contributed by atoms with E-state index in [9.17, 15) is 29.0 Å². The van der Waals surface area contributed by atoms with Gasteiger partial charge in [0.15, 0.2) is 11.5 Å². The first-order chi connectivity index (χ1) is 26.5. The average molecular weight is 762 g/mol. The Morgan fingerprint density at radius 2 is 1.64 bits per heavy atom. The number of hydrazine groups is 1. The lowest BCUT2D eigenvalue weighted by Gasteiger charge is -2.49. The predicted octanol–water partition coefficient (Wildman–Crippen LogP) is 6.67. The third-order valence-electron chi connectivity index (χ3n) is 11.7. The number of hydrogen-bond donors (Lipinski definition) is 3. The number of benzene rings is 4. The monoisotopic (exact) mass is 761 g/mol. The third kappa shape index (κ3) is 6.03. The van der Waals surface area contributed by atoms with Crippen molar-refractivity contribution in [2.24, 2.45) is 29.6 Å². The SMILES string of the molecule is COc1cc(C=CC2C3=CCC4C(=O)N(CCc5ccc(O)cc5)C(=O)C4C3CC3C(=O)N(Nc4ccc(F)cc4)C(=O)C23c2ccc(Cl)cc2)ccc1O. The molecular formula is C43H37ClFN3O7. The van der Waals surface area contributed by atoms with Crippen LogP contribution in [-0.4, -0.2) is 57.4 Å². The van der Waals surface area contributed by atoms with Crippen molar-refractivity contribution in [1.29, 1.82) is 0 Å². The molecule has 55 heavy (non-hydrogen) atoms. The number of phenols is 2. The van der Waals surface area contributed by atoms with Crippen molar-refractivity contribution in [1.82, 2.24) is 9.91 Å². The molecule has 2 aliphatic heterocycles. The van der Waals surface area contributed by atoms with E-state index in [4.69, 9.17) is 16.3 Å². The summed E-state index contributed by atoms with van der Waals surface area (Å²) in [5.74, 6) is -5.47. The molecule has 4 amide bonds. The molecule has 4 aliphatic rings. The summed E-state index contributed by atoms with van der Waals surface area (Å²) in [6, 6.07) is 23.6. The molecule has 6 atom stereocenters. The van der Waals surface area contributed by atoms with E-state index in [-0.39, 0.29) is 48.4 Å². The van der Waals surface area contributed by atoms with Gasteiger partial charge in [-0.15, -0.1) is 0 Å². The number of hydrogen-bond acceptors (Lipinski definition) is 8. The summed E-state index contributed by atoms with van der Waals surface area (Å²) in [6.07, 6.45) is 6.43. The lowest BCUT2D eigenvalue weighted by atomic mass is 9.50. The largest absolute Gasteiger partial charge is 0.508 e. The standard InChI is InChI=1S/C43H37ClFN3O7/c1-55-37-22-25(5-19-36(37)50)4-18-34-31-16-17-32-38(41(53)47(39(32)51)21-20-24-2-14-30(49)15-3-24)33(31)23-35-40(52)48(46-29-12-10-28(45)11-13-29)42(54)43(34,35)26-6-8-27(44)9-7-26/h2-16,18-19,22,32-35,38,46,49-50H,17,20-21,23H2,1H3. The van der Waals surface area contributed by atoms with Crippen LogP contribution in [0.2, 0.25) is 5.02 Å². The van der Waals surface area contributed by atoms with Crippen molar-refractivity contribution in [2.45, 2.75) is 24.7 Å². The summed E-state index contributed by atoms with van der Waals surface area (Å²) >= 11 is 6.36. The number of imide groups is 2. The zero-order chi connectivity index (χ0) is 38.6. The Bertz CT molecular complexity index is 2260. The minimum absolute atomic E-state index is 0.0467. The van der Waals surface area contributed by atoms with E-state index in [1.807, 2.05) is 12.2 Å². The summed E-state index contributed by atoms with van der Waals surface area (Å²) in [7, 11) is 1.44. The molecule has 2 heterocycles. The number of anilines is 1. The van der Waals surface area contributed by atoms with Crippen LogP contribution in [0.1, 0.15) is 29.5 Å². The highest BCUT2D eigenvalue weighted by molar-refractivity contribution is 6.30. The smallest absolute Gasteiger partial charge is 0.260 e. The number of fused-ring (bicyclic) bond motifs is 4. The number of nitrogens with zero attached hydrogens (tertiary/aromatic N) is 2. The average Bonchev–Trinajstić information content (AvgIpc) is 3.56. The second kappa shape index (κ2) is 14.0. The van der Waals surface area contributed by atoms with Gasteiger partial charge in [0.25, 0.3) is 11.8 Å². The van der Waals surface area contributed by atoms with Crippen molar-refractivity contribution < 1.29 is 38.5 Å². The number of aromatic hydroxyl groups is 2. The van der Waals surface area contributed by atoms with Gasteiger partial charge in [0.2, 0.25) is 11.8 Å². The number of allylic oxidation sites excluding steroid dienone is 3. The highest BCUT2D eigenvalue weighted by atomic mass is 35.5. The molecule has 0 aromatic heterocycles. The van der Waals surface area contributed by atoms with Gasteiger partial charge < -0.3 is 14.9 Å². The van der Waals surface area contributed by atoms with Gasteiger partial charge >= 0.3 is 0 Å². The Morgan fingerprint density at radius 1 is 0.909 bits per heavy atom. The summed E-state index contributed by atoms with van der Waals surface area (Å²) in [5, 5.41) is 21.4. The molecule has 0 spiro atoms. The number of likely N-dealkylation sites (tertiary alicyclic amines) is 1. The Morgan fingerprint density at radius 3 is 2.35 bits per heavy atom. The fraction of sp³-hybridized carbons (Fsp3) is 0.256. The van der Waals surface area contributed by atoms with Crippen molar-refractivity contribution in [2.75, 3.05) is 19.1 Å². The molecule has 3 N–H and O–H groups in total. The summed E-state index contributed by atoms with van der Waals surface area (Å²) in [5.41, 5.74) is 4.60. The van der Waals surface area contributed by atoms with Gasteiger partial charge in [0.1, 0.15) is 11.6 Å². The number of phenolic OH excluding ortho intramolecular Hbond substituents is 2. The topological polar surface area (TPSA) is 136 Å². The quantitative estimate of drug-likeness (QED) is 0.127. The van der Waals surface area contributed by atoms with Crippen LogP contribution in [0, 0.1) is 35.4 Å². The summed E-state index contributed by atoms with van der Waals surface area (Å²) < 4.78 is 19.2. The number of rotatable bonds is 9. The second-order valence-electron chi connectivity index (χ2n) is 14.5. The number of carbonyl (C=O) groups excluding carboxylic acids is 4. The van der Waals surface area contributed by atoms with E-state index in [0.717, 1.165) is 16.1 Å². The van der Waals surface area contributed by atoms with Crippen LogP contribution >= 0.6 is 11.6 Å².